The molecule has 1 atom stereocenters. The first-order chi connectivity index (χ1) is 12.0. The smallest absolute Gasteiger partial charge is 0.267 e. The van der Waals surface area contributed by atoms with E-state index in [1.165, 1.54) is 0 Å². The van der Waals surface area contributed by atoms with Gasteiger partial charge >= 0.3 is 0 Å². The molecule has 5 heteroatoms. The Morgan fingerprint density at radius 3 is 2.60 bits per heavy atom. The van der Waals surface area contributed by atoms with Gasteiger partial charge in [0.25, 0.3) is 11.8 Å². The molecule has 130 valence electrons. The van der Waals surface area contributed by atoms with Gasteiger partial charge in [-0.3, -0.25) is 9.59 Å². The van der Waals surface area contributed by atoms with Crippen molar-refractivity contribution in [2.24, 2.45) is 0 Å². The van der Waals surface area contributed by atoms with Gasteiger partial charge in [0.15, 0.2) is 6.10 Å². The van der Waals surface area contributed by atoms with E-state index in [9.17, 15) is 9.59 Å². The molecule has 1 unspecified atom stereocenters. The Balaban J connectivity index is 1.86. The number of hydrogen-bond acceptors (Lipinski definition) is 3. The molecule has 2 aromatic rings. The zero-order valence-corrected chi connectivity index (χ0v) is 14.7. The number of hydrogen-bond donors (Lipinski definition) is 0. The van der Waals surface area contributed by atoms with Crippen LogP contribution in [0.25, 0.3) is 0 Å². The predicted molar refractivity (Wildman–Crippen MR) is 96.8 cm³/mol. The molecule has 1 aliphatic heterocycles. The summed E-state index contributed by atoms with van der Waals surface area (Å²) in [4.78, 5) is 28.3. The molecule has 25 heavy (non-hydrogen) atoms. The van der Waals surface area contributed by atoms with Gasteiger partial charge in [-0.15, -0.1) is 0 Å². The average molecular weight is 338 g/mol. The number of benzene rings is 2. The molecule has 2 amide bonds. The van der Waals surface area contributed by atoms with Gasteiger partial charge in [0.05, 0.1) is 5.69 Å². The monoisotopic (exact) mass is 338 g/mol. The highest BCUT2D eigenvalue weighted by molar-refractivity contribution is 6.02. The summed E-state index contributed by atoms with van der Waals surface area (Å²) in [6, 6.07) is 15.1. The summed E-state index contributed by atoms with van der Waals surface area (Å²) in [5.41, 5.74) is 2.26. The molecule has 0 spiro atoms. The van der Waals surface area contributed by atoms with Crippen LogP contribution in [0, 0.1) is 0 Å². The van der Waals surface area contributed by atoms with Crippen molar-refractivity contribution in [3.63, 3.8) is 0 Å². The first-order valence-electron chi connectivity index (χ1n) is 8.42. The number of anilines is 1. The van der Waals surface area contributed by atoms with E-state index < -0.39 is 6.10 Å². The van der Waals surface area contributed by atoms with E-state index in [2.05, 4.69) is 0 Å². The second-order valence-electron chi connectivity index (χ2n) is 6.14. The molecule has 0 aromatic heterocycles. The predicted octanol–water partition coefficient (Wildman–Crippen LogP) is 3.09. The third kappa shape index (κ3) is 3.36. The number of likely N-dealkylation sites (N-methyl/N-ethyl adjacent to an activating group) is 1. The van der Waals surface area contributed by atoms with Crippen LogP contribution in [-0.4, -0.2) is 36.4 Å². The standard InChI is InChI=1S/C20H22N2O3/c1-4-22(13-15-8-6-5-7-9-15)20(24)16-10-11-18-17(12-16)21(3)19(23)14(2)25-18/h5-12,14H,4,13H2,1-3H3. The van der Waals surface area contributed by atoms with Gasteiger partial charge in [-0.1, -0.05) is 30.3 Å². The first-order valence-corrected chi connectivity index (χ1v) is 8.42. The summed E-state index contributed by atoms with van der Waals surface area (Å²) >= 11 is 0. The Labute approximate surface area is 147 Å². The lowest BCUT2D eigenvalue weighted by atomic mass is 10.1. The molecule has 1 heterocycles. The van der Waals surface area contributed by atoms with Crippen molar-refractivity contribution in [2.45, 2.75) is 26.5 Å². The molecule has 2 aromatic carbocycles. The van der Waals surface area contributed by atoms with Gasteiger partial charge in [-0.25, -0.2) is 0 Å². The minimum absolute atomic E-state index is 0.0615. The van der Waals surface area contributed by atoms with Crippen LogP contribution in [0.5, 0.6) is 5.75 Å². The summed E-state index contributed by atoms with van der Waals surface area (Å²) < 4.78 is 5.62. The van der Waals surface area contributed by atoms with Crippen molar-refractivity contribution >= 4 is 17.5 Å². The van der Waals surface area contributed by atoms with Crippen molar-refractivity contribution in [3.8, 4) is 5.75 Å². The Bertz CT molecular complexity index is 789. The van der Waals surface area contributed by atoms with E-state index >= 15 is 0 Å². The van der Waals surface area contributed by atoms with Crippen LogP contribution in [-0.2, 0) is 11.3 Å². The summed E-state index contributed by atoms with van der Waals surface area (Å²) in [6.45, 7) is 4.84. The fourth-order valence-electron chi connectivity index (χ4n) is 2.96. The number of carbonyl (C=O) groups excluding carboxylic acids is 2. The Hall–Kier alpha value is -2.82. The van der Waals surface area contributed by atoms with E-state index in [0.29, 0.717) is 30.1 Å². The van der Waals surface area contributed by atoms with Crippen LogP contribution in [0.4, 0.5) is 5.69 Å². The van der Waals surface area contributed by atoms with Crippen molar-refractivity contribution in [1.82, 2.24) is 4.90 Å². The van der Waals surface area contributed by atoms with Gasteiger partial charge in [0.2, 0.25) is 0 Å². The van der Waals surface area contributed by atoms with E-state index in [0.717, 1.165) is 5.56 Å². The molecule has 0 radical (unpaired) electrons. The SMILES string of the molecule is CCN(Cc1ccccc1)C(=O)c1ccc2c(c1)N(C)C(=O)C(C)O2. The van der Waals surface area contributed by atoms with E-state index in [4.69, 9.17) is 4.74 Å². The maximum absolute atomic E-state index is 12.9. The van der Waals surface area contributed by atoms with Crippen LogP contribution in [0.15, 0.2) is 48.5 Å². The lowest BCUT2D eigenvalue weighted by Crippen LogP contribution is -2.42. The summed E-state index contributed by atoms with van der Waals surface area (Å²) in [6.07, 6.45) is -0.510. The molecular formula is C20H22N2O3. The van der Waals surface area contributed by atoms with E-state index in [-0.39, 0.29) is 11.8 Å². The Kier molecular flexibility index (Phi) is 4.74. The summed E-state index contributed by atoms with van der Waals surface area (Å²) in [7, 11) is 1.70. The molecule has 0 saturated carbocycles. The van der Waals surface area contributed by atoms with Gasteiger partial charge in [0.1, 0.15) is 5.75 Å². The number of nitrogens with zero attached hydrogens (tertiary/aromatic N) is 2. The van der Waals surface area contributed by atoms with Crippen molar-refractivity contribution < 1.29 is 14.3 Å². The Morgan fingerprint density at radius 1 is 1.20 bits per heavy atom. The Morgan fingerprint density at radius 2 is 1.92 bits per heavy atom. The largest absolute Gasteiger partial charge is 0.479 e. The van der Waals surface area contributed by atoms with Crippen LogP contribution in [0.3, 0.4) is 0 Å². The van der Waals surface area contributed by atoms with Crippen molar-refractivity contribution in [1.29, 1.82) is 0 Å². The van der Waals surface area contributed by atoms with Gasteiger partial charge in [0, 0.05) is 25.7 Å². The fraction of sp³-hybridized carbons (Fsp3) is 0.300. The van der Waals surface area contributed by atoms with Gasteiger partial charge < -0.3 is 14.5 Å². The zero-order chi connectivity index (χ0) is 18.0. The van der Waals surface area contributed by atoms with Crippen molar-refractivity contribution in [3.05, 3.63) is 59.7 Å². The number of amides is 2. The normalized spacial score (nSPS) is 16.2. The molecule has 3 rings (SSSR count). The maximum Gasteiger partial charge on any atom is 0.267 e. The lowest BCUT2D eigenvalue weighted by molar-refractivity contribution is -0.125. The quantitative estimate of drug-likeness (QED) is 0.861. The zero-order valence-electron chi connectivity index (χ0n) is 14.7. The molecule has 1 aliphatic rings. The molecule has 0 aliphatic carbocycles. The minimum Gasteiger partial charge on any atom is -0.479 e. The average Bonchev–Trinajstić information content (AvgIpc) is 2.64. The second kappa shape index (κ2) is 6.97. The first kappa shape index (κ1) is 17.0. The lowest BCUT2D eigenvalue weighted by Gasteiger charge is -2.31. The number of carbonyl (C=O) groups is 2. The van der Waals surface area contributed by atoms with E-state index in [1.807, 2.05) is 37.3 Å². The van der Waals surface area contributed by atoms with Gasteiger partial charge in [-0.05, 0) is 37.6 Å². The second-order valence-corrected chi connectivity index (χ2v) is 6.14. The highest BCUT2D eigenvalue weighted by Gasteiger charge is 2.29. The topological polar surface area (TPSA) is 49.9 Å². The minimum atomic E-state index is -0.510. The third-order valence-electron chi connectivity index (χ3n) is 4.43. The fourth-order valence-corrected chi connectivity index (χ4v) is 2.96. The molecule has 0 fully saturated rings. The molecule has 0 N–H and O–H groups in total. The summed E-state index contributed by atoms with van der Waals surface area (Å²) in [5.74, 6) is 0.444. The maximum atomic E-state index is 12.9. The van der Waals surface area contributed by atoms with E-state index in [1.54, 1.807) is 42.0 Å². The number of fused-ring (bicyclic) bond motifs is 1. The number of rotatable bonds is 4. The number of ether oxygens (including phenoxy) is 1. The molecule has 5 nitrogen and oxygen atoms in total. The third-order valence-corrected chi connectivity index (χ3v) is 4.43. The van der Waals surface area contributed by atoms with Crippen LogP contribution in [0.1, 0.15) is 29.8 Å². The highest BCUT2D eigenvalue weighted by atomic mass is 16.5. The van der Waals surface area contributed by atoms with Gasteiger partial charge in [-0.2, -0.15) is 0 Å². The highest BCUT2D eigenvalue weighted by Crippen LogP contribution is 2.34. The molecule has 0 saturated heterocycles. The van der Waals surface area contributed by atoms with Crippen LogP contribution < -0.4 is 9.64 Å². The van der Waals surface area contributed by atoms with Crippen LogP contribution in [0.2, 0.25) is 0 Å². The van der Waals surface area contributed by atoms with Crippen molar-refractivity contribution in [2.75, 3.05) is 18.5 Å². The van der Waals surface area contributed by atoms with Crippen LogP contribution >= 0.6 is 0 Å². The molecule has 0 bridgehead atoms. The molecular weight excluding hydrogens is 316 g/mol. The summed E-state index contributed by atoms with van der Waals surface area (Å²) in [5, 5.41) is 0.